The van der Waals surface area contributed by atoms with E-state index in [-0.39, 0.29) is 0 Å². The van der Waals surface area contributed by atoms with Crippen LogP contribution >= 0.6 is 0 Å². The number of nitrogens with one attached hydrogen (secondary N) is 1. The van der Waals surface area contributed by atoms with Gasteiger partial charge in [0.15, 0.2) is 0 Å². The third kappa shape index (κ3) is 4.06. The van der Waals surface area contributed by atoms with Crippen molar-refractivity contribution < 1.29 is 0 Å². The Bertz CT molecular complexity index is 595. The first-order chi connectivity index (χ1) is 10.8. The SMILES string of the molecule is Cc1[nH]cnc1CN1CCN(C/C=C/c2ccccc2)CC1. The predicted octanol–water partition coefficient (Wildman–Crippen LogP) is 2.55. The summed E-state index contributed by atoms with van der Waals surface area (Å²) in [5, 5.41) is 0. The van der Waals surface area contributed by atoms with Gasteiger partial charge < -0.3 is 4.98 Å². The number of benzene rings is 1. The Morgan fingerprint density at radius 3 is 2.50 bits per heavy atom. The molecular weight excluding hydrogens is 272 g/mol. The highest BCUT2D eigenvalue weighted by Gasteiger charge is 2.17. The number of imidazole rings is 1. The Hall–Kier alpha value is -1.91. The molecule has 1 fully saturated rings. The predicted molar refractivity (Wildman–Crippen MR) is 90.5 cm³/mol. The van der Waals surface area contributed by atoms with Gasteiger partial charge in [-0.25, -0.2) is 4.98 Å². The number of hydrogen-bond acceptors (Lipinski definition) is 3. The normalized spacial score (nSPS) is 17.3. The maximum atomic E-state index is 4.39. The van der Waals surface area contributed by atoms with Crippen molar-refractivity contribution in [2.24, 2.45) is 0 Å². The molecule has 0 atom stereocenters. The summed E-state index contributed by atoms with van der Waals surface area (Å²) in [6, 6.07) is 10.5. The van der Waals surface area contributed by atoms with Crippen LogP contribution in [0.3, 0.4) is 0 Å². The van der Waals surface area contributed by atoms with Gasteiger partial charge in [0.2, 0.25) is 0 Å². The number of nitrogens with zero attached hydrogens (tertiary/aromatic N) is 3. The minimum absolute atomic E-state index is 0.961. The number of aromatic amines is 1. The van der Waals surface area contributed by atoms with Gasteiger partial charge in [0.05, 0.1) is 12.0 Å². The van der Waals surface area contributed by atoms with Gasteiger partial charge >= 0.3 is 0 Å². The number of aryl methyl sites for hydroxylation is 1. The number of aromatic nitrogens is 2. The van der Waals surface area contributed by atoms with Gasteiger partial charge in [-0.2, -0.15) is 0 Å². The van der Waals surface area contributed by atoms with Crippen molar-refractivity contribution in [3.8, 4) is 0 Å². The average molecular weight is 296 g/mol. The Labute approximate surface area is 132 Å². The van der Waals surface area contributed by atoms with Crippen LogP contribution in [-0.4, -0.2) is 52.5 Å². The summed E-state index contributed by atoms with van der Waals surface area (Å²) >= 11 is 0. The van der Waals surface area contributed by atoms with Crippen LogP contribution in [-0.2, 0) is 6.54 Å². The minimum atomic E-state index is 0.961. The fourth-order valence-corrected chi connectivity index (χ4v) is 2.79. The van der Waals surface area contributed by atoms with Crippen LogP contribution in [0.25, 0.3) is 6.08 Å². The largest absolute Gasteiger partial charge is 0.348 e. The van der Waals surface area contributed by atoms with Crippen LogP contribution in [0.1, 0.15) is 17.0 Å². The molecule has 116 valence electrons. The van der Waals surface area contributed by atoms with Gasteiger partial charge in [0, 0.05) is 45.0 Å². The summed E-state index contributed by atoms with van der Waals surface area (Å²) in [6.07, 6.45) is 6.26. The van der Waals surface area contributed by atoms with Gasteiger partial charge in [-0.15, -0.1) is 0 Å². The third-order valence-corrected chi connectivity index (χ3v) is 4.25. The van der Waals surface area contributed by atoms with Crippen molar-refractivity contribution in [3.63, 3.8) is 0 Å². The molecule has 0 unspecified atom stereocenters. The van der Waals surface area contributed by atoms with Gasteiger partial charge in [0.1, 0.15) is 0 Å². The minimum Gasteiger partial charge on any atom is -0.348 e. The molecule has 0 amide bonds. The maximum absolute atomic E-state index is 4.39. The van der Waals surface area contributed by atoms with E-state index in [1.807, 2.05) is 0 Å². The van der Waals surface area contributed by atoms with E-state index in [1.54, 1.807) is 6.33 Å². The molecule has 4 heteroatoms. The van der Waals surface area contributed by atoms with Crippen LogP contribution in [0.4, 0.5) is 0 Å². The lowest BCUT2D eigenvalue weighted by molar-refractivity contribution is 0.136. The molecule has 0 spiro atoms. The average Bonchev–Trinajstić information content (AvgIpc) is 2.95. The van der Waals surface area contributed by atoms with E-state index in [1.165, 1.54) is 17.0 Å². The van der Waals surface area contributed by atoms with Crippen molar-refractivity contribution >= 4 is 6.08 Å². The van der Waals surface area contributed by atoms with E-state index in [0.29, 0.717) is 0 Å². The summed E-state index contributed by atoms with van der Waals surface area (Å²) in [7, 11) is 0. The molecule has 2 heterocycles. The lowest BCUT2D eigenvalue weighted by Gasteiger charge is -2.33. The molecule has 1 aliphatic rings. The first kappa shape index (κ1) is 15.0. The van der Waals surface area contributed by atoms with Crippen molar-refractivity contribution in [1.29, 1.82) is 0 Å². The number of hydrogen-bond donors (Lipinski definition) is 1. The highest BCUT2D eigenvalue weighted by molar-refractivity contribution is 5.48. The fourth-order valence-electron chi connectivity index (χ4n) is 2.79. The quantitative estimate of drug-likeness (QED) is 0.921. The fraction of sp³-hybridized carbons (Fsp3) is 0.389. The van der Waals surface area contributed by atoms with E-state index in [2.05, 4.69) is 69.2 Å². The Balaban J connectivity index is 1.42. The Morgan fingerprint density at radius 1 is 1.09 bits per heavy atom. The van der Waals surface area contributed by atoms with Crippen LogP contribution in [0, 0.1) is 6.92 Å². The summed E-state index contributed by atoms with van der Waals surface area (Å²) in [5.74, 6) is 0. The highest BCUT2D eigenvalue weighted by Crippen LogP contribution is 2.09. The Kier molecular flexibility index (Phi) is 5.03. The van der Waals surface area contributed by atoms with Gasteiger partial charge in [-0.05, 0) is 12.5 Å². The van der Waals surface area contributed by atoms with Gasteiger partial charge in [-0.1, -0.05) is 42.5 Å². The molecule has 0 aliphatic carbocycles. The van der Waals surface area contributed by atoms with Gasteiger partial charge in [0.25, 0.3) is 0 Å². The first-order valence-electron chi connectivity index (χ1n) is 7.96. The van der Waals surface area contributed by atoms with Crippen molar-refractivity contribution in [1.82, 2.24) is 19.8 Å². The molecule has 1 aromatic carbocycles. The third-order valence-electron chi connectivity index (χ3n) is 4.25. The summed E-state index contributed by atoms with van der Waals surface area (Å²) in [4.78, 5) is 12.5. The number of rotatable bonds is 5. The lowest BCUT2D eigenvalue weighted by atomic mass is 10.2. The van der Waals surface area contributed by atoms with Crippen LogP contribution < -0.4 is 0 Å². The van der Waals surface area contributed by atoms with E-state index in [4.69, 9.17) is 0 Å². The Morgan fingerprint density at radius 2 is 1.82 bits per heavy atom. The van der Waals surface area contributed by atoms with Crippen molar-refractivity contribution in [2.75, 3.05) is 32.7 Å². The first-order valence-corrected chi connectivity index (χ1v) is 7.96. The second-order valence-electron chi connectivity index (χ2n) is 5.86. The highest BCUT2D eigenvalue weighted by atomic mass is 15.3. The second kappa shape index (κ2) is 7.38. The van der Waals surface area contributed by atoms with E-state index >= 15 is 0 Å². The molecule has 1 aliphatic heterocycles. The van der Waals surface area contributed by atoms with Crippen molar-refractivity contribution in [2.45, 2.75) is 13.5 Å². The number of H-pyrrole nitrogens is 1. The summed E-state index contributed by atoms with van der Waals surface area (Å²) < 4.78 is 0. The van der Waals surface area contributed by atoms with Gasteiger partial charge in [-0.3, -0.25) is 9.80 Å². The molecule has 0 radical (unpaired) electrons. The molecule has 0 saturated carbocycles. The molecule has 1 aromatic heterocycles. The van der Waals surface area contributed by atoms with E-state index in [0.717, 1.165) is 39.3 Å². The van der Waals surface area contributed by atoms with Crippen LogP contribution in [0.5, 0.6) is 0 Å². The molecule has 0 bridgehead atoms. The zero-order valence-electron chi connectivity index (χ0n) is 13.2. The molecule has 1 saturated heterocycles. The molecule has 2 aromatic rings. The van der Waals surface area contributed by atoms with Crippen molar-refractivity contribution in [3.05, 3.63) is 59.7 Å². The van der Waals surface area contributed by atoms with Crippen LogP contribution in [0.15, 0.2) is 42.7 Å². The van der Waals surface area contributed by atoms with Crippen LogP contribution in [0.2, 0.25) is 0 Å². The molecule has 22 heavy (non-hydrogen) atoms. The summed E-state index contributed by atoms with van der Waals surface area (Å²) in [5.41, 5.74) is 3.64. The lowest BCUT2D eigenvalue weighted by Crippen LogP contribution is -2.45. The summed E-state index contributed by atoms with van der Waals surface area (Å²) in [6.45, 7) is 8.57. The molecule has 3 rings (SSSR count). The molecule has 1 N–H and O–H groups in total. The maximum Gasteiger partial charge on any atom is 0.0925 e. The second-order valence-corrected chi connectivity index (χ2v) is 5.86. The monoisotopic (exact) mass is 296 g/mol. The number of piperazine rings is 1. The molecular formula is C18H24N4. The van der Waals surface area contributed by atoms with E-state index < -0.39 is 0 Å². The zero-order valence-corrected chi connectivity index (χ0v) is 13.2. The van der Waals surface area contributed by atoms with E-state index in [9.17, 15) is 0 Å². The standard InChI is InChI=1S/C18H24N4/c1-16-18(20-15-19-16)14-22-12-10-21(11-13-22)9-5-8-17-6-3-2-4-7-17/h2-8,15H,9-14H2,1H3,(H,19,20)/b8-5+. The molecule has 4 nitrogen and oxygen atoms in total. The zero-order chi connectivity index (χ0) is 15.2. The topological polar surface area (TPSA) is 35.2 Å². The smallest absolute Gasteiger partial charge is 0.0925 e.